The first kappa shape index (κ1) is 8.19. The molecule has 0 spiro atoms. The Hall–Kier alpha value is -1.42. The fourth-order valence-corrected chi connectivity index (χ4v) is 1.72. The minimum absolute atomic E-state index is 0.564. The fraction of sp³-hybridized carbons (Fsp3) is 0.111. The minimum atomic E-state index is 0.564. The average Bonchev–Trinajstić information content (AvgIpc) is 2.57. The lowest BCUT2D eigenvalue weighted by Gasteiger charge is -1.97. The monoisotopic (exact) mass is 191 g/mol. The number of nitrogens with zero attached hydrogens (tertiary/aromatic N) is 2. The molecule has 0 amide bonds. The highest BCUT2D eigenvalue weighted by Gasteiger charge is 1.99. The van der Waals surface area contributed by atoms with Gasteiger partial charge in [-0.05, 0) is 12.1 Å². The van der Waals surface area contributed by atoms with Crippen molar-refractivity contribution in [3.05, 3.63) is 40.5 Å². The molecule has 13 heavy (non-hydrogen) atoms. The Morgan fingerprint density at radius 3 is 3.00 bits per heavy atom. The van der Waals surface area contributed by atoms with Gasteiger partial charge < -0.3 is 5.73 Å². The lowest BCUT2D eigenvalue weighted by Crippen LogP contribution is -1.95. The molecule has 66 valence electrons. The first-order valence-electron chi connectivity index (χ1n) is 3.94. The van der Waals surface area contributed by atoms with E-state index in [-0.39, 0.29) is 0 Å². The fourth-order valence-electron chi connectivity index (χ4n) is 1.09. The van der Waals surface area contributed by atoms with Crippen LogP contribution in [0.5, 0.6) is 0 Å². The van der Waals surface area contributed by atoms with Gasteiger partial charge in [-0.25, -0.2) is 9.97 Å². The van der Waals surface area contributed by atoms with Gasteiger partial charge in [0.1, 0.15) is 5.82 Å². The predicted octanol–water partition coefficient (Wildman–Crippen LogP) is 1.71. The second kappa shape index (κ2) is 3.53. The van der Waals surface area contributed by atoms with E-state index in [9.17, 15) is 0 Å². The van der Waals surface area contributed by atoms with Crippen molar-refractivity contribution >= 4 is 17.2 Å². The maximum Gasteiger partial charge on any atom is 0.123 e. The third kappa shape index (κ3) is 2.03. The van der Waals surface area contributed by atoms with Crippen molar-refractivity contribution < 1.29 is 0 Å². The number of aromatic nitrogens is 2. The van der Waals surface area contributed by atoms with Crippen molar-refractivity contribution in [3.8, 4) is 0 Å². The SMILES string of the molecule is Nc1cccc(Cc2nccs2)n1. The lowest BCUT2D eigenvalue weighted by atomic mass is 10.3. The highest BCUT2D eigenvalue weighted by Crippen LogP contribution is 2.10. The average molecular weight is 191 g/mol. The Morgan fingerprint density at radius 1 is 1.38 bits per heavy atom. The van der Waals surface area contributed by atoms with Gasteiger partial charge in [0.2, 0.25) is 0 Å². The number of rotatable bonds is 2. The van der Waals surface area contributed by atoms with Crippen molar-refractivity contribution in [2.24, 2.45) is 0 Å². The second-order valence-electron chi connectivity index (χ2n) is 2.66. The van der Waals surface area contributed by atoms with E-state index in [0.29, 0.717) is 5.82 Å². The van der Waals surface area contributed by atoms with E-state index in [0.717, 1.165) is 17.1 Å². The topological polar surface area (TPSA) is 51.8 Å². The molecule has 0 atom stereocenters. The summed E-state index contributed by atoms with van der Waals surface area (Å²) in [6.07, 6.45) is 2.56. The second-order valence-corrected chi connectivity index (χ2v) is 3.64. The number of anilines is 1. The van der Waals surface area contributed by atoms with Crippen LogP contribution in [0.1, 0.15) is 10.7 Å². The summed E-state index contributed by atoms with van der Waals surface area (Å²) in [5, 5.41) is 3.03. The summed E-state index contributed by atoms with van der Waals surface area (Å²) < 4.78 is 0. The van der Waals surface area contributed by atoms with Crippen molar-refractivity contribution in [2.75, 3.05) is 5.73 Å². The summed E-state index contributed by atoms with van der Waals surface area (Å²) in [7, 11) is 0. The van der Waals surface area contributed by atoms with Crippen LogP contribution in [0.15, 0.2) is 29.8 Å². The number of nitrogens with two attached hydrogens (primary N) is 1. The zero-order valence-electron chi connectivity index (χ0n) is 6.97. The number of hydrogen-bond acceptors (Lipinski definition) is 4. The molecule has 0 unspecified atom stereocenters. The van der Waals surface area contributed by atoms with Gasteiger partial charge in [-0.3, -0.25) is 0 Å². The molecule has 0 aliphatic carbocycles. The molecule has 0 bridgehead atoms. The third-order valence-corrected chi connectivity index (χ3v) is 2.42. The van der Waals surface area contributed by atoms with Gasteiger partial charge in [0.25, 0.3) is 0 Å². The van der Waals surface area contributed by atoms with E-state index < -0.39 is 0 Å². The standard InChI is InChI=1S/C9H9N3S/c10-8-3-1-2-7(12-8)6-9-11-4-5-13-9/h1-5H,6H2,(H2,10,12). The first-order valence-corrected chi connectivity index (χ1v) is 4.82. The molecule has 0 saturated carbocycles. The molecule has 4 heteroatoms. The Labute approximate surface area is 80.3 Å². The minimum Gasteiger partial charge on any atom is -0.384 e. The first-order chi connectivity index (χ1) is 6.34. The Morgan fingerprint density at radius 2 is 2.31 bits per heavy atom. The Bertz CT molecular complexity index is 384. The summed E-state index contributed by atoms with van der Waals surface area (Å²) in [6, 6.07) is 5.65. The summed E-state index contributed by atoms with van der Waals surface area (Å²) in [5.74, 6) is 0.564. The zero-order chi connectivity index (χ0) is 9.10. The van der Waals surface area contributed by atoms with E-state index in [4.69, 9.17) is 5.73 Å². The lowest BCUT2D eigenvalue weighted by molar-refractivity contribution is 1.06. The molecule has 2 N–H and O–H groups in total. The normalized spacial score (nSPS) is 10.2. The molecular weight excluding hydrogens is 182 g/mol. The Balaban J connectivity index is 2.19. The van der Waals surface area contributed by atoms with Gasteiger partial charge in [0.05, 0.1) is 5.01 Å². The molecule has 0 aromatic carbocycles. The van der Waals surface area contributed by atoms with Gasteiger partial charge >= 0.3 is 0 Å². The molecule has 2 aromatic heterocycles. The van der Waals surface area contributed by atoms with Crippen molar-refractivity contribution in [3.63, 3.8) is 0 Å². The van der Waals surface area contributed by atoms with E-state index >= 15 is 0 Å². The van der Waals surface area contributed by atoms with Crippen molar-refractivity contribution in [1.29, 1.82) is 0 Å². The summed E-state index contributed by atoms with van der Waals surface area (Å²) >= 11 is 1.63. The van der Waals surface area contributed by atoms with Crippen LogP contribution in [0.25, 0.3) is 0 Å². The zero-order valence-corrected chi connectivity index (χ0v) is 7.79. The Kier molecular flexibility index (Phi) is 2.23. The van der Waals surface area contributed by atoms with E-state index in [1.54, 1.807) is 23.6 Å². The quantitative estimate of drug-likeness (QED) is 0.786. The number of pyridine rings is 1. The van der Waals surface area contributed by atoms with Crippen molar-refractivity contribution in [1.82, 2.24) is 9.97 Å². The van der Waals surface area contributed by atoms with Crippen LogP contribution in [-0.2, 0) is 6.42 Å². The van der Waals surface area contributed by atoms with Crippen LogP contribution in [0.4, 0.5) is 5.82 Å². The molecule has 0 radical (unpaired) electrons. The van der Waals surface area contributed by atoms with Crippen LogP contribution in [-0.4, -0.2) is 9.97 Å². The van der Waals surface area contributed by atoms with Crippen molar-refractivity contribution in [2.45, 2.75) is 6.42 Å². The van der Waals surface area contributed by atoms with Crippen LogP contribution in [0.3, 0.4) is 0 Å². The highest BCUT2D eigenvalue weighted by molar-refractivity contribution is 7.09. The van der Waals surface area contributed by atoms with Gasteiger partial charge in [-0.1, -0.05) is 6.07 Å². The number of thiazole rings is 1. The number of hydrogen-bond donors (Lipinski definition) is 1. The number of nitrogen functional groups attached to an aromatic ring is 1. The molecule has 3 nitrogen and oxygen atoms in total. The van der Waals surface area contributed by atoms with Gasteiger partial charge in [-0.15, -0.1) is 11.3 Å². The summed E-state index contributed by atoms with van der Waals surface area (Å²) in [6.45, 7) is 0. The van der Waals surface area contributed by atoms with Gasteiger partial charge in [0, 0.05) is 23.7 Å². The van der Waals surface area contributed by atoms with Crippen LogP contribution in [0, 0.1) is 0 Å². The van der Waals surface area contributed by atoms with Gasteiger partial charge in [-0.2, -0.15) is 0 Å². The maximum atomic E-state index is 5.56. The molecule has 2 heterocycles. The van der Waals surface area contributed by atoms with Crippen LogP contribution < -0.4 is 5.73 Å². The maximum absolute atomic E-state index is 5.56. The molecule has 2 rings (SSSR count). The highest BCUT2D eigenvalue weighted by atomic mass is 32.1. The molecule has 0 fully saturated rings. The largest absolute Gasteiger partial charge is 0.384 e. The molecule has 0 aliphatic rings. The molecule has 0 aliphatic heterocycles. The smallest absolute Gasteiger partial charge is 0.123 e. The van der Waals surface area contributed by atoms with E-state index in [1.165, 1.54) is 0 Å². The van der Waals surface area contributed by atoms with Crippen LogP contribution in [0.2, 0.25) is 0 Å². The molecule has 0 saturated heterocycles. The van der Waals surface area contributed by atoms with Gasteiger partial charge in [0.15, 0.2) is 0 Å². The summed E-state index contributed by atoms with van der Waals surface area (Å²) in [4.78, 5) is 8.37. The third-order valence-electron chi connectivity index (χ3n) is 1.64. The van der Waals surface area contributed by atoms with Crippen LogP contribution >= 0.6 is 11.3 Å². The summed E-state index contributed by atoms with van der Waals surface area (Å²) in [5.41, 5.74) is 6.53. The molecule has 2 aromatic rings. The van der Waals surface area contributed by atoms with E-state index in [1.807, 2.05) is 17.5 Å². The molecular formula is C9H9N3S. The van der Waals surface area contributed by atoms with E-state index in [2.05, 4.69) is 9.97 Å². The predicted molar refractivity (Wildman–Crippen MR) is 53.6 cm³/mol.